The number of carbonyl (C=O) groups is 1. The average Bonchev–Trinajstić information content (AvgIpc) is 2.49. The van der Waals surface area contributed by atoms with E-state index in [1.165, 1.54) is 0 Å². The Hall–Kier alpha value is -2.27. The molecule has 0 saturated heterocycles. The molecule has 2 aromatic rings. The van der Waals surface area contributed by atoms with E-state index >= 15 is 0 Å². The monoisotopic (exact) mass is 347 g/mol. The predicted octanol–water partition coefficient (Wildman–Crippen LogP) is 4.00. The van der Waals surface area contributed by atoms with Crippen LogP contribution in [0.4, 0.5) is 5.69 Å². The van der Waals surface area contributed by atoms with Crippen molar-refractivity contribution >= 4 is 33.3 Å². The second kappa shape index (κ2) is 6.95. The van der Waals surface area contributed by atoms with Crippen molar-refractivity contribution in [2.75, 3.05) is 12.4 Å². The maximum absolute atomic E-state index is 11.0. The van der Waals surface area contributed by atoms with Gasteiger partial charge in [-0.1, -0.05) is 30.3 Å². The van der Waals surface area contributed by atoms with Crippen molar-refractivity contribution in [1.29, 1.82) is 0 Å². The maximum atomic E-state index is 11.0. The summed E-state index contributed by atoms with van der Waals surface area (Å²) in [6.45, 7) is 0. The average molecular weight is 348 g/mol. The van der Waals surface area contributed by atoms with Crippen LogP contribution in [0, 0.1) is 0 Å². The molecule has 5 heteroatoms. The molecule has 0 saturated carbocycles. The highest BCUT2D eigenvalue weighted by atomic mass is 79.9. The molecule has 0 amide bonds. The van der Waals surface area contributed by atoms with Crippen LogP contribution in [0.2, 0.25) is 0 Å². The van der Waals surface area contributed by atoms with Crippen LogP contribution >= 0.6 is 15.9 Å². The van der Waals surface area contributed by atoms with Crippen molar-refractivity contribution in [3.63, 3.8) is 0 Å². The van der Waals surface area contributed by atoms with E-state index in [0.717, 1.165) is 21.8 Å². The zero-order chi connectivity index (χ0) is 15.2. The van der Waals surface area contributed by atoms with E-state index in [-0.39, 0.29) is 0 Å². The molecule has 2 N–H and O–H groups in total. The lowest BCUT2D eigenvalue weighted by molar-refractivity contribution is -0.131. The molecule has 0 bridgehead atoms. The normalized spacial score (nSPS) is 11.0. The van der Waals surface area contributed by atoms with Crippen LogP contribution in [0.25, 0.3) is 5.70 Å². The van der Waals surface area contributed by atoms with E-state index in [9.17, 15) is 4.79 Å². The minimum atomic E-state index is -1.01. The molecule has 0 unspecified atom stereocenters. The van der Waals surface area contributed by atoms with E-state index in [1.807, 2.05) is 42.5 Å². The molecular weight excluding hydrogens is 334 g/mol. The summed E-state index contributed by atoms with van der Waals surface area (Å²) in [5, 5.41) is 12.1. The van der Waals surface area contributed by atoms with Crippen LogP contribution in [0.5, 0.6) is 5.75 Å². The number of carboxylic acids is 1. The van der Waals surface area contributed by atoms with Gasteiger partial charge in [0.1, 0.15) is 5.75 Å². The molecule has 0 heterocycles. The second-order valence-corrected chi connectivity index (χ2v) is 5.09. The Bertz CT molecular complexity index is 668. The maximum Gasteiger partial charge on any atom is 0.330 e. The fraction of sp³-hybridized carbons (Fsp3) is 0.0625. The Kier molecular flexibility index (Phi) is 5.00. The Balaban J connectivity index is 2.34. The Morgan fingerprint density at radius 2 is 1.95 bits per heavy atom. The number of ether oxygens (including phenoxy) is 1. The molecule has 0 atom stereocenters. The summed E-state index contributed by atoms with van der Waals surface area (Å²) in [6.07, 6.45) is 1.14. The molecule has 2 aromatic carbocycles. The van der Waals surface area contributed by atoms with E-state index in [4.69, 9.17) is 9.84 Å². The highest BCUT2D eigenvalue weighted by Crippen LogP contribution is 2.29. The number of hydrogen-bond acceptors (Lipinski definition) is 3. The quantitative estimate of drug-likeness (QED) is 0.802. The van der Waals surface area contributed by atoms with Crippen LogP contribution in [-0.2, 0) is 4.79 Å². The first-order chi connectivity index (χ1) is 10.1. The SMILES string of the molecule is COc1cc(NC(=CC(=O)O)c2ccccc2)ccc1Br. The molecule has 0 aliphatic heterocycles. The topological polar surface area (TPSA) is 58.6 Å². The van der Waals surface area contributed by atoms with Crippen LogP contribution < -0.4 is 10.1 Å². The van der Waals surface area contributed by atoms with Gasteiger partial charge in [0.2, 0.25) is 0 Å². The van der Waals surface area contributed by atoms with E-state index < -0.39 is 5.97 Å². The van der Waals surface area contributed by atoms with Gasteiger partial charge in [0.15, 0.2) is 0 Å². The van der Waals surface area contributed by atoms with Gasteiger partial charge in [0, 0.05) is 17.8 Å². The number of hydrogen-bond donors (Lipinski definition) is 2. The molecule has 0 spiro atoms. The van der Waals surface area contributed by atoms with Crippen molar-refractivity contribution in [2.45, 2.75) is 0 Å². The summed E-state index contributed by atoms with van der Waals surface area (Å²) >= 11 is 3.38. The fourth-order valence-corrected chi connectivity index (χ4v) is 2.23. The molecular formula is C16H14BrNO3. The molecule has 0 aromatic heterocycles. The number of aliphatic carboxylic acids is 1. The lowest BCUT2D eigenvalue weighted by atomic mass is 10.1. The van der Waals surface area contributed by atoms with Crippen LogP contribution in [0.1, 0.15) is 5.56 Å². The highest BCUT2D eigenvalue weighted by molar-refractivity contribution is 9.10. The number of methoxy groups -OCH3 is 1. The first-order valence-electron chi connectivity index (χ1n) is 6.21. The standard InChI is InChI=1S/C16H14BrNO3/c1-21-15-9-12(7-8-13(15)17)18-14(10-16(19)20)11-5-3-2-4-6-11/h2-10,18H,1H3,(H,19,20). The van der Waals surface area contributed by atoms with Crippen LogP contribution in [-0.4, -0.2) is 18.2 Å². The third-order valence-corrected chi connectivity index (χ3v) is 3.44. The summed E-state index contributed by atoms with van der Waals surface area (Å²) in [5.41, 5.74) is 2.04. The molecule has 0 aliphatic rings. The summed E-state index contributed by atoms with van der Waals surface area (Å²) < 4.78 is 6.06. The van der Waals surface area contributed by atoms with Gasteiger partial charge < -0.3 is 15.2 Å². The van der Waals surface area contributed by atoms with E-state index in [2.05, 4.69) is 21.2 Å². The van der Waals surface area contributed by atoms with E-state index in [0.29, 0.717) is 11.4 Å². The zero-order valence-corrected chi connectivity index (χ0v) is 12.9. The zero-order valence-electron chi connectivity index (χ0n) is 11.3. The van der Waals surface area contributed by atoms with Gasteiger partial charge >= 0.3 is 5.97 Å². The number of halogens is 1. The molecule has 0 radical (unpaired) electrons. The van der Waals surface area contributed by atoms with Gasteiger partial charge in [0.25, 0.3) is 0 Å². The molecule has 2 rings (SSSR count). The number of anilines is 1. The lowest BCUT2D eigenvalue weighted by Crippen LogP contribution is -2.02. The molecule has 108 valence electrons. The molecule has 0 fully saturated rings. The van der Waals surface area contributed by atoms with Crippen LogP contribution in [0.15, 0.2) is 59.1 Å². The molecule has 21 heavy (non-hydrogen) atoms. The second-order valence-electron chi connectivity index (χ2n) is 4.24. The largest absolute Gasteiger partial charge is 0.495 e. The lowest BCUT2D eigenvalue weighted by Gasteiger charge is -2.12. The third-order valence-electron chi connectivity index (χ3n) is 2.78. The molecule has 4 nitrogen and oxygen atoms in total. The summed E-state index contributed by atoms with van der Waals surface area (Å²) in [7, 11) is 1.58. The van der Waals surface area contributed by atoms with Gasteiger partial charge in [0.05, 0.1) is 17.3 Å². The smallest absolute Gasteiger partial charge is 0.330 e. The minimum absolute atomic E-state index is 0.507. The van der Waals surface area contributed by atoms with Gasteiger partial charge in [-0.2, -0.15) is 0 Å². The van der Waals surface area contributed by atoms with Gasteiger partial charge in [-0.15, -0.1) is 0 Å². The summed E-state index contributed by atoms with van der Waals surface area (Å²) in [4.78, 5) is 11.0. The first kappa shape index (κ1) is 15.1. The van der Waals surface area contributed by atoms with Gasteiger partial charge in [-0.25, -0.2) is 4.79 Å². The van der Waals surface area contributed by atoms with Crippen molar-refractivity contribution in [3.05, 3.63) is 64.6 Å². The van der Waals surface area contributed by atoms with Crippen molar-refractivity contribution in [3.8, 4) is 5.75 Å². The third kappa shape index (κ3) is 4.10. The number of rotatable bonds is 5. The summed E-state index contributed by atoms with van der Waals surface area (Å²) in [6, 6.07) is 14.8. The minimum Gasteiger partial charge on any atom is -0.495 e. The van der Waals surface area contributed by atoms with Crippen molar-refractivity contribution in [2.24, 2.45) is 0 Å². The van der Waals surface area contributed by atoms with Crippen molar-refractivity contribution in [1.82, 2.24) is 0 Å². The fourth-order valence-electron chi connectivity index (χ4n) is 1.83. The first-order valence-corrected chi connectivity index (χ1v) is 7.00. The predicted molar refractivity (Wildman–Crippen MR) is 86.4 cm³/mol. The number of carboxylic acid groups (broad SMARTS) is 1. The van der Waals surface area contributed by atoms with Gasteiger partial charge in [-0.3, -0.25) is 0 Å². The number of benzene rings is 2. The number of nitrogens with one attached hydrogen (secondary N) is 1. The Morgan fingerprint density at radius 3 is 2.57 bits per heavy atom. The Labute approximate surface area is 131 Å². The van der Waals surface area contributed by atoms with E-state index in [1.54, 1.807) is 13.2 Å². The highest BCUT2D eigenvalue weighted by Gasteiger charge is 2.07. The van der Waals surface area contributed by atoms with Crippen molar-refractivity contribution < 1.29 is 14.6 Å². The van der Waals surface area contributed by atoms with Gasteiger partial charge in [-0.05, 0) is 33.6 Å². The summed E-state index contributed by atoms with van der Waals surface area (Å²) in [5.74, 6) is -0.340. The Morgan fingerprint density at radius 1 is 1.24 bits per heavy atom. The molecule has 0 aliphatic carbocycles. The van der Waals surface area contributed by atoms with Crippen LogP contribution in [0.3, 0.4) is 0 Å².